The first kappa shape index (κ1) is 34.0. The Labute approximate surface area is 288 Å². The van der Waals surface area contributed by atoms with Crippen LogP contribution in [-0.2, 0) is 32.2 Å². The number of hydrogen-bond donors (Lipinski definition) is 3. The van der Waals surface area contributed by atoms with Gasteiger partial charge in [-0.1, -0.05) is 104 Å². The lowest BCUT2D eigenvalue weighted by atomic mass is 9.91. The predicted octanol–water partition coefficient (Wildman–Crippen LogP) is 5.89. The first-order valence-corrected chi connectivity index (χ1v) is 17.0. The average molecular weight is 680 g/mol. The second kappa shape index (κ2) is 16.0. The van der Waals surface area contributed by atoms with Crippen LogP contribution in [0.2, 0.25) is 0 Å². The number of nitrogens with zero attached hydrogens (tertiary/aromatic N) is 4. The summed E-state index contributed by atoms with van der Waals surface area (Å²) in [6.45, 7) is 2.40. The molecule has 49 heavy (non-hydrogen) atoms. The number of carboxylic acid groups (broad SMARTS) is 1. The van der Waals surface area contributed by atoms with Crippen molar-refractivity contribution in [1.82, 2.24) is 25.5 Å². The number of amides is 1. The summed E-state index contributed by atoms with van der Waals surface area (Å²) < 4.78 is 15.0. The van der Waals surface area contributed by atoms with E-state index in [0.717, 1.165) is 39.1 Å². The molecule has 4 aromatic carbocycles. The lowest BCUT2D eigenvalue weighted by molar-refractivity contribution is -0.268. The van der Waals surface area contributed by atoms with Crippen molar-refractivity contribution in [2.24, 2.45) is 5.92 Å². The van der Waals surface area contributed by atoms with Gasteiger partial charge < -0.3 is 25.0 Å². The van der Waals surface area contributed by atoms with E-state index in [4.69, 9.17) is 14.6 Å². The van der Waals surface area contributed by atoms with Crippen molar-refractivity contribution < 1.29 is 29.3 Å². The number of aliphatic carboxylic acids is 1. The van der Waals surface area contributed by atoms with Gasteiger partial charge in [0.1, 0.15) is 0 Å². The number of nitrogens with one attached hydrogen (secondary N) is 1. The molecular formula is C37H37N5O6S. The molecular weight excluding hydrogens is 643 g/mol. The summed E-state index contributed by atoms with van der Waals surface area (Å²) in [5.41, 5.74) is 6.47. The molecule has 0 spiro atoms. The van der Waals surface area contributed by atoms with Crippen LogP contribution in [0, 0.1) is 5.92 Å². The molecule has 252 valence electrons. The van der Waals surface area contributed by atoms with Crippen LogP contribution in [0.15, 0.2) is 108 Å². The Balaban J connectivity index is 1.19. The highest BCUT2D eigenvalue weighted by Crippen LogP contribution is 2.43. The topological polar surface area (TPSA) is 149 Å². The lowest BCUT2D eigenvalue weighted by Gasteiger charge is -2.41. The van der Waals surface area contributed by atoms with Crippen LogP contribution in [0.5, 0.6) is 0 Å². The Morgan fingerprint density at radius 3 is 2.35 bits per heavy atom. The van der Waals surface area contributed by atoms with E-state index in [1.807, 2.05) is 103 Å². The number of hydrogen-bond acceptors (Lipinski definition) is 9. The Bertz CT molecular complexity index is 1850. The molecule has 1 aliphatic heterocycles. The van der Waals surface area contributed by atoms with Gasteiger partial charge in [0.15, 0.2) is 6.29 Å². The first-order valence-electron chi connectivity index (χ1n) is 16.0. The van der Waals surface area contributed by atoms with Gasteiger partial charge in [0.2, 0.25) is 11.1 Å². The molecule has 12 heteroatoms. The van der Waals surface area contributed by atoms with Gasteiger partial charge in [-0.25, -0.2) is 0 Å². The number of thioether (sulfide) groups is 1. The highest BCUT2D eigenvalue weighted by Gasteiger charge is 2.38. The number of rotatable bonds is 13. The van der Waals surface area contributed by atoms with Gasteiger partial charge in [-0.2, -0.15) is 4.68 Å². The summed E-state index contributed by atoms with van der Waals surface area (Å²) in [7, 11) is 0. The normalized spacial score (nSPS) is 19.0. The lowest BCUT2D eigenvalue weighted by Crippen LogP contribution is -2.38. The number of aromatic nitrogens is 4. The van der Waals surface area contributed by atoms with Crippen LogP contribution in [0.3, 0.4) is 0 Å². The number of aliphatic hydroxyl groups is 1. The molecule has 0 bridgehead atoms. The zero-order valence-corrected chi connectivity index (χ0v) is 27.7. The summed E-state index contributed by atoms with van der Waals surface area (Å²) in [6, 6.07) is 33.5. The van der Waals surface area contributed by atoms with Crippen molar-refractivity contribution >= 4 is 23.6 Å². The third-order valence-electron chi connectivity index (χ3n) is 8.44. The van der Waals surface area contributed by atoms with Crippen molar-refractivity contribution in [3.05, 3.63) is 125 Å². The van der Waals surface area contributed by atoms with Crippen LogP contribution < -0.4 is 5.32 Å². The summed E-state index contributed by atoms with van der Waals surface area (Å²) >= 11 is 1.53. The molecule has 3 N–H and O–H groups in total. The first-order chi connectivity index (χ1) is 23.9. The molecule has 4 atom stereocenters. The second-order valence-electron chi connectivity index (χ2n) is 11.8. The molecule has 11 nitrogen and oxygen atoms in total. The van der Waals surface area contributed by atoms with Crippen molar-refractivity contribution in [2.75, 3.05) is 5.75 Å². The summed E-state index contributed by atoms with van der Waals surface area (Å²) in [6.07, 6.45) is -1.34. The molecule has 2 heterocycles. The number of aliphatic hydroxyl groups excluding tert-OH is 1. The van der Waals surface area contributed by atoms with Crippen molar-refractivity contribution in [3.63, 3.8) is 0 Å². The van der Waals surface area contributed by atoms with Gasteiger partial charge in [-0.3, -0.25) is 9.59 Å². The molecule has 5 aromatic rings. The second-order valence-corrected chi connectivity index (χ2v) is 12.8. The van der Waals surface area contributed by atoms with Crippen LogP contribution in [0.25, 0.3) is 16.8 Å². The Hall–Kier alpha value is -4.88. The zero-order valence-electron chi connectivity index (χ0n) is 26.9. The Kier molecular flexibility index (Phi) is 11.1. The van der Waals surface area contributed by atoms with E-state index in [9.17, 15) is 14.7 Å². The molecule has 0 aliphatic carbocycles. The zero-order chi connectivity index (χ0) is 34.2. The van der Waals surface area contributed by atoms with E-state index >= 15 is 0 Å². The fraction of sp³-hybridized carbons (Fsp3) is 0.270. The molecule has 6 rings (SSSR count). The standard InChI is InChI=1S/C37H37N5O6S/c1-24-32(23-49-37-39-40-41-42(37)31-8-3-2-4-9-31)47-36(48-35(24)28-12-10-25(22-43)11-13-28)29-16-14-27(15-17-29)30-7-5-6-26(20-30)21-38-33(44)18-19-34(45)46/h2-17,20,24,32,35-36,43H,18-19,21-23H2,1H3,(H,38,44)(H,45,46)/t24-,32+,35+,36+/m1/s1. The van der Waals surface area contributed by atoms with Crippen molar-refractivity contribution in [3.8, 4) is 16.8 Å². The highest BCUT2D eigenvalue weighted by atomic mass is 32.2. The smallest absolute Gasteiger partial charge is 0.303 e. The third-order valence-corrected chi connectivity index (χ3v) is 9.45. The van der Waals surface area contributed by atoms with Crippen molar-refractivity contribution in [1.29, 1.82) is 0 Å². The number of tetrazole rings is 1. The third kappa shape index (κ3) is 8.59. The molecule has 0 saturated carbocycles. The predicted molar refractivity (Wildman–Crippen MR) is 183 cm³/mol. The molecule has 1 amide bonds. The maximum Gasteiger partial charge on any atom is 0.303 e. The van der Waals surface area contributed by atoms with Gasteiger partial charge in [-0.05, 0) is 56.4 Å². The van der Waals surface area contributed by atoms with Crippen LogP contribution in [-0.4, -0.2) is 54.2 Å². The van der Waals surface area contributed by atoms with E-state index in [1.165, 1.54) is 11.8 Å². The number of ether oxygens (including phenoxy) is 2. The van der Waals surface area contributed by atoms with Crippen LogP contribution in [0.1, 0.15) is 54.4 Å². The summed E-state index contributed by atoms with van der Waals surface area (Å²) in [5, 5.41) is 34.2. The minimum atomic E-state index is -0.998. The largest absolute Gasteiger partial charge is 0.481 e. The van der Waals surface area contributed by atoms with Gasteiger partial charge in [-0.15, -0.1) is 5.10 Å². The quantitative estimate of drug-likeness (QED) is 0.129. The minimum Gasteiger partial charge on any atom is -0.481 e. The number of benzene rings is 4. The van der Waals surface area contributed by atoms with E-state index in [2.05, 4.69) is 27.8 Å². The molecule has 1 aliphatic rings. The number of carboxylic acids is 1. The van der Waals surface area contributed by atoms with E-state index < -0.39 is 12.3 Å². The van der Waals surface area contributed by atoms with E-state index in [1.54, 1.807) is 4.68 Å². The highest BCUT2D eigenvalue weighted by molar-refractivity contribution is 7.99. The fourth-order valence-electron chi connectivity index (χ4n) is 5.67. The Morgan fingerprint density at radius 2 is 1.61 bits per heavy atom. The summed E-state index contributed by atoms with van der Waals surface area (Å²) in [5.74, 6) is -0.705. The van der Waals surface area contributed by atoms with Crippen LogP contribution in [0.4, 0.5) is 0 Å². The van der Waals surface area contributed by atoms with Crippen LogP contribution >= 0.6 is 11.8 Å². The molecule has 1 fully saturated rings. The van der Waals surface area contributed by atoms with Gasteiger partial charge in [0.25, 0.3) is 0 Å². The van der Waals surface area contributed by atoms with E-state index in [0.29, 0.717) is 17.5 Å². The molecule has 1 saturated heterocycles. The number of carbonyl (C=O) groups excluding carboxylic acids is 1. The maximum absolute atomic E-state index is 12.0. The number of para-hydroxylation sites is 1. The number of carbonyl (C=O) groups is 2. The maximum atomic E-state index is 12.0. The van der Waals surface area contributed by atoms with Gasteiger partial charge in [0.05, 0.1) is 30.9 Å². The van der Waals surface area contributed by atoms with Gasteiger partial charge >= 0.3 is 5.97 Å². The van der Waals surface area contributed by atoms with Crippen molar-refractivity contribution in [2.45, 2.75) is 56.6 Å². The molecule has 0 radical (unpaired) electrons. The monoisotopic (exact) mass is 679 g/mol. The SMILES string of the molecule is C[C@@H]1[C@H](CSc2nnnn2-c2ccccc2)O[C@H](c2ccc(-c3cccc(CNC(=O)CCC(=O)O)c3)cc2)O[C@@H]1c1ccc(CO)cc1. The molecule has 1 aromatic heterocycles. The molecule has 0 unspecified atom stereocenters. The Morgan fingerprint density at radius 1 is 0.857 bits per heavy atom. The average Bonchev–Trinajstić information content (AvgIpc) is 3.62. The minimum absolute atomic E-state index is 0.00332. The fourth-order valence-corrected chi connectivity index (χ4v) is 6.72. The van der Waals surface area contributed by atoms with Gasteiger partial charge in [0, 0.05) is 30.2 Å². The summed E-state index contributed by atoms with van der Waals surface area (Å²) in [4.78, 5) is 22.8. The van der Waals surface area contributed by atoms with E-state index in [-0.39, 0.29) is 43.5 Å².